The zero-order chi connectivity index (χ0) is 16.4. The van der Waals surface area contributed by atoms with Crippen LogP contribution in [0.25, 0.3) is 0 Å². The van der Waals surface area contributed by atoms with Gasteiger partial charge in [-0.25, -0.2) is 0 Å². The van der Waals surface area contributed by atoms with Crippen molar-refractivity contribution >= 4 is 33.4 Å². The molecule has 23 heavy (non-hydrogen) atoms. The normalized spacial score (nSPS) is 21.4. The number of halogens is 1. The van der Waals surface area contributed by atoms with Gasteiger partial charge in [-0.3, -0.25) is 14.5 Å². The Balaban J connectivity index is 1.77. The number of rotatable bonds is 4. The Bertz CT molecular complexity index is 617. The van der Waals surface area contributed by atoms with Crippen LogP contribution in [-0.2, 0) is 14.3 Å². The fraction of sp³-hybridized carbons (Fsp3) is 0.500. The molecule has 0 unspecified atom stereocenters. The Kier molecular flexibility index (Phi) is 4.99. The summed E-state index contributed by atoms with van der Waals surface area (Å²) in [7, 11) is 0. The molecule has 0 bridgehead atoms. The third kappa shape index (κ3) is 3.57. The van der Waals surface area contributed by atoms with Gasteiger partial charge in [-0.1, -0.05) is 15.9 Å². The highest BCUT2D eigenvalue weighted by Crippen LogP contribution is 2.37. The molecule has 7 heteroatoms. The number of morpholine rings is 1. The minimum absolute atomic E-state index is 0.0680. The van der Waals surface area contributed by atoms with E-state index in [0.717, 1.165) is 48.6 Å². The summed E-state index contributed by atoms with van der Waals surface area (Å²) in [4.78, 5) is 28.2. The fourth-order valence-electron chi connectivity index (χ4n) is 3.05. The highest BCUT2D eigenvalue weighted by molar-refractivity contribution is 9.10. The summed E-state index contributed by atoms with van der Waals surface area (Å²) in [6.45, 7) is 6.12. The second-order valence-corrected chi connectivity index (χ2v) is 6.70. The average molecular weight is 382 g/mol. The van der Waals surface area contributed by atoms with Crippen molar-refractivity contribution in [1.82, 2.24) is 10.2 Å². The summed E-state index contributed by atoms with van der Waals surface area (Å²) < 4.78 is 6.25. The fourth-order valence-corrected chi connectivity index (χ4v) is 3.43. The Morgan fingerprint density at radius 2 is 2.09 bits per heavy atom. The molecule has 1 atom stereocenters. The largest absolute Gasteiger partial charge is 0.379 e. The number of carbonyl (C=O) groups excluding carboxylic acids is 2. The Morgan fingerprint density at radius 1 is 1.35 bits per heavy atom. The lowest BCUT2D eigenvalue weighted by molar-refractivity contribution is -0.126. The van der Waals surface area contributed by atoms with Gasteiger partial charge in [0.05, 0.1) is 13.2 Å². The molecule has 1 aromatic carbocycles. The molecule has 124 valence electrons. The Hall–Kier alpha value is -1.44. The quantitative estimate of drug-likeness (QED) is 0.853. The van der Waals surface area contributed by atoms with Crippen LogP contribution in [0.15, 0.2) is 22.7 Å². The van der Waals surface area contributed by atoms with E-state index in [4.69, 9.17) is 4.74 Å². The van der Waals surface area contributed by atoms with Crippen LogP contribution in [0.2, 0.25) is 0 Å². The number of nitrogens with one attached hydrogen (secondary N) is 1. The van der Waals surface area contributed by atoms with E-state index in [-0.39, 0.29) is 11.8 Å². The van der Waals surface area contributed by atoms with Crippen LogP contribution < -0.4 is 10.2 Å². The predicted molar refractivity (Wildman–Crippen MR) is 90.3 cm³/mol. The molecule has 2 amide bonds. The first-order valence-corrected chi connectivity index (χ1v) is 8.53. The second-order valence-electron chi connectivity index (χ2n) is 5.78. The van der Waals surface area contributed by atoms with Crippen molar-refractivity contribution in [2.24, 2.45) is 0 Å². The molecule has 2 aliphatic heterocycles. The van der Waals surface area contributed by atoms with Gasteiger partial charge in [0, 0.05) is 48.8 Å². The SMILES string of the molecule is CC(=O)N[C@@H]1C(=O)N(CCN2CCOCC2)c2ccc(Br)cc21. The van der Waals surface area contributed by atoms with Gasteiger partial charge in [0.25, 0.3) is 5.91 Å². The number of amides is 2. The molecule has 2 heterocycles. The van der Waals surface area contributed by atoms with Gasteiger partial charge < -0.3 is 15.0 Å². The summed E-state index contributed by atoms with van der Waals surface area (Å²) in [5.41, 5.74) is 1.73. The molecule has 0 radical (unpaired) electrons. The van der Waals surface area contributed by atoms with Gasteiger partial charge in [-0.2, -0.15) is 0 Å². The third-order valence-corrected chi connectivity index (χ3v) is 4.69. The van der Waals surface area contributed by atoms with Crippen molar-refractivity contribution in [1.29, 1.82) is 0 Å². The van der Waals surface area contributed by atoms with Gasteiger partial charge >= 0.3 is 0 Å². The highest BCUT2D eigenvalue weighted by atomic mass is 79.9. The monoisotopic (exact) mass is 381 g/mol. The standard InChI is InChI=1S/C16H20BrN3O3/c1-11(21)18-15-13-10-12(17)2-3-14(13)20(16(15)22)5-4-19-6-8-23-9-7-19/h2-3,10,15H,4-9H2,1H3,(H,18,21)/t15-/m0/s1. The molecule has 2 aliphatic rings. The lowest BCUT2D eigenvalue weighted by atomic mass is 10.1. The van der Waals surface area contributed by atoms with E-state index >= 15 is 0 Å². The summed E-state index contributed by atoms with van der Waals surface area (Å²) in [6, 6.07) is 5.16. The van der Waals surface area contributed by atoms with Crippen LogP contribution in [0.5, 0.6) is 0 Å². The lowest BCUT2D eigenvalue weighted by Crippen LogP contribution is -2.43. The Morgan fingerprint density at radius 3 is 2.78 bits per heavy atom. The van der Waals surface area contributed by atoms with Crippen LogP contribution in [0.4, 0.5) is 5.69 Å². The molecule has 6 nitrogen and oxygen atoms in total. The van der Waals surface area contributed by atoms with Gasteiger partial charge in [0.2, 0.25) is 5.91 Å². The summed E-state index contributed by atoms with van der Waals surface area (Å²) in [6.07, 6.45) is 0. The van der Waals surface area contributed by atoms with E-state index in [1.807, 2.05) is 18.2 Å². The van der Waals surface area contributed by atoms with Crippen molar-refractivity contribution < 1.29 is 14.3 Å². The molecule has 0 spiro atoms. The van der Waals surface area contributed by atoms with Crippen molar-refractivity contribution in [3.05, 3.63) is 28.2 Å². The van der Waals surface area contributed by atoms with Crippen molar-refractivity contribution in [3.63, 3.8) is 0 Å². The zero-order valence-corrected chi connectivity index (χ0v) is 14.6. The molecule has 0 aromatic heterocycles. The number of hydrogen-bond donors (Lipinski definition) is 1. The number of nitrogens with zero attached hydrogens (tertiary/aromatic N) is 2. The number of ether oxygens (including phenoxy) is 1. The van der Waals surface area contributed by atoms with Crippen molar-refractivity contribution in [2.45, 2.75) is 13.0 Å². The van der Waals surface area contributed by atoms with Crippen molar-refractivity contribution in [2.75, 3.05) is 44.3 Å². The minimum atomic E-state index is -0.593. The third-order valence-electron chi connectivity index (χ3n) is 4.20. The molecule has 1 fully saturated rings. The smallest absolute Gasteiger partial charge is 0.254 e. The summed E-state index contributed by atoms with van der Waals surface area (Å²) in [5.74, 6) is -0.272. The molecule has 3 rings (SSSR count). The number of carbonyl (C=O) groups is 2. The number of anilines is 1. The molecule has 0 aliphatic carbocycles. The first-order chi connectivity index (χ1) is 11.1. The van der Waals surface area contributed by atoms with Gasteiger partial charge in [0.15, 0.2) is 0 Å². The topological polar surface area (TPSA) is 61.9 Å². The maximum Gasteiger partial charge on any atom is 0.254 e. The zero-order valence-electron chi connectivity index (χ0n) is 13.0. The van der Waals surface area contributed by atoms with Crippen LogP contribution >= 0.6 is 15.9 Å². The molecular weight excluding hydrogens is 362 g/mol. The van der Waals surface area contributed by atoms with Gasteiger partial charge in [-0.15, -0.1) is 0 Å². The van der Waals surface area contributed by atoms with Crippen LogP contribution in [0.1, 0.15) is 18.5 Å². The van der Waals surface area contributed by atoms with E-state index in [1.54, 1.807) is 4.90 Å². The van der Waals surface area contributed by atoms with E-state index in [0.29, 0.717) is 6.54 Å². The Labute approximate surface area is 143 Å². The van der Waals surface area contributed by atoms with Gasteiger partial charge in [0.1, 0.15) is 6.04 Å². The van der Waals surface area contributed by atoms with Crippen LogP contribution in [0, 0.1) is 0 Å². The average Bonchev–Trinajstić information content (AvgIpc) is 2.78. The first-order valence-electron chi connectivity index (χ1n) is 7.74. The van der Waals surface area contributed by atoms with E-state index < -0.39 is 6.04 Å². The first kappa shape index (κ1) is 16.4. The number of hydrogen-bond acceptors (Lipinski definition) is 4. The molecular formula is C16H20BrN3O3. The second kappa shape index (κ2) is 6.98. The lowest BCUT2D eigenvalue weighted by Gasteiger charge is -2.28. The molecule has 1 aromatic rings. The maximum absolute atomic E-state index is 12.7. The van der Waals surface area contributed by atoms with Crippen molar-refractivity contribution in [3.8, 4) is 0 Å². The summed E-state index contributed by atoms with van der Waals surface area (Å²) >= 11 is 3.44. The van der Waals surface area contributed by atoms with E-state index in [1.165, 1.54) is 6.92 Å². The number of benzene rings is 1. The molecule has 0 saturated carbocycles. The van der Waals surface area contributed by atoms with Gasteiger partial charge in [-0.05, 0) is 18.2 Å². The van der Waals surface area contributed by atoms with E-state index in [9.17, 15) is 9.59 Å². The number of fused-ring (bicyclic) bond motifs is 1. The molecule has 1 saturated heterocycles. The maximum atomic E-state index is 12.7. The summed E-state index contributed by atoms with van der Waals surface area (Å²) in [5, 5.41) is 2.76. The predicted octanol–water partition coefficient (Wildman–Crippen LogP) is 1.31. The highest BCUT2D eigenvalue weighted by Gasteiger charge is 2.37. The molecule has 1 N–H and O–H groups in total. The van der Waals surface area contributed by atoms with E-state index in [2.05, 4.69) is 26.1 Å². The minimum Gasteiger partial charge on any atom is -0.379 e. The van der Waals surface area contributed by atoms with Crippen LogP contribution in [-0.4, -0.2) is 56.1 Å². The van der Waals surface area contributed by atoms with Crippen LogP contribution in [0.3, 0.4) is 0 Å².